The van der Waals surface area contributed by atoms with Crippen LogP contribution >= 0.6 is 12.2 Å². The van der Waals surface area contributed by atoms with E-state index in [0.29, 0.717) is 10.8 Å². The van der Waals surface area contributed by atoms with E-state index in [1.54, 1.807) is 0 Å². The third-order valence-corrected chi connectivity index (χ3v) is 3.72. The van der Waals surface area contributed by atoms with Crippen molar-refractivity contribution >= 4 is 12.2 Å². The molecular formula is C10H18N4S. The average molecular weight is 226 g/mol. The first-order valence-electron chi connectivity index (χ1n) is 5.82. The third kappa shape index (κ3) is 2.27. The van der Waals surface area contributed by atoms with Gasteiger partial charge in [-0.3, -0.25) is 0 Å². The maximum Gasteiger partial charge on any atom is 0.238 e. The zero-order valence-electron chi connectivity index (χ0n) is 9.15. The molecule has 1 aromatic heterocycles. The minimum absolute atomic E-state index is 0.466. The quantitative estimate of drug-likeness (QED) is 0.806. The minimum atomic E-state index is 0.466. The fraction of sp³-hybridized carbons (Fsp3) is 0.900. The van der Waals surface area contributed by atoms with Gasteiger partial charge < -0.3 is 0 Å². The normalized spacial score (nSPS) is 20.3. The summed E-state index contributed by atoms with van der Waals surface area (Å²) in [5, 5.41) is 10.5. The molecule has 1 heterocycles. The Labute approximate surface area is 95.1 Å². The molecule has 5 heteroatoms. The first-order valence-corrected chi connectivity index (χ1v) is 6.23. The second-order valence-corrected chi connectivity index (χ2v) is 4.69. The second kappa shape index (κ2) is 4.88. The lowest BCUT2D eigenvalue weighted by molar-refractivity contribution is 0.225. The topological polar surface area (TPSA) is 46.5 Å². The molecule has 1 unspecified atom stereocenters. The van der Waals surface area contributed by atoms with Gasteiger partial charge in [0.25, 0.3) is 0 Å². The molecule has 1 atom stereocenters. The molecule has 15 heavy (non-hydrogen) atoms. The van der Waals surface area contributed by atoms with Crippen LogP contribution in [-0.2, 0) is 0 Å². The van der Waals surface area contributed by atoms with Gasteiger partial charge in [0.2, 0.25) is 4.77 Å². The molecule has 1 fully saturated rings. The van der Waals surface area contributed by atoms with Crippen LogP contribution in [0.3, 0.4) is 0 Å². The fourth-order valence-corrected chi connectivity index (χ4v) is 2.88. The van der Waals surface area contributed by atoms with Gasteiger partial charge in [0.05, 0.1) is 6.04 Å². The number of hydrogen-bond acceptors (Lipinski definition) is 3. The van der Waals surface area contributed by atoms with Crippen molar-refractivity contribution in [2.75, 3.05) is 0 Å². The molecular weight excluding hydrogens is 208 g/mol. The van der Waals surface area contributed by atoms with Crippen molar-refractivity contribution in [3.05, 3.63) is 4.77 Å². The number of hydrogen-bond donors (Lipinski definition) is 1. The fourth-order valence-electron chi connectivity index (χ4n) is 2.67. The monoisotopic (exact) mass is 226 g/mol. The summed E-state index contributed by atoms with van der Waals surface area (Å²) in [4.78, 5) is 0. The largest absolute Gasteiger partial charge is 0.239 e. The number of nitrogens with zero attached hydrogens (tertiary/aromatic N) is 3. The van der Waals surface area contributed by atoms with Crippen LogP contribution in [-0.4, -0.2) is 20.2 Å². The van der Waals surface area contributed by atoms with E-state index in [2.05, 4.69) is 22.4 Å². The van der Waals surface area contributed by atoms with Gasteiger partial charge in [-0.15, -0.1) is 0 Å². The zero-order valence-corrected chi connectivity index (χ0v) is 9.96. The molecule has 0 aromatic carbocycles. The molecule has 1 aromatic rings. The standard InChI is InChI=1S/C10H18N4S/c1-2-9(8-6-4-3-5-7-8)14-10(15)11-12-13-14/h8-9H,2-7H2,1H3,(H,11,13,15). The predicted molar refractivity (Wildman–Crippen MR) is 61.1 cm³/mol. The van der Waals surface area contributed by atoms with Gasteiger partial charge in [-0.25, -0.2) is 4.68 Å². The maximum atomic E-state index is 5.16. The molecule has 0 saturated heterocycles. The van der Waals surface area contributed by atoms with E-state index < -0.39 is 0 Å². The molecule has 1 aliphatic carbocycles. The highest BCUT2D eigenvalue weighted by atomic mass is 32.1. The first-order chi connectivity index (χ1) is 7.33. The summed E-state index contributed by atoms with van der Waals surface area (Å²) in [5.41, 5.74) is 0. The van der Waals surface area contributed by atoms with Gasteiger partial charge in [-0.1, -0.05) is 36.5 Å². The lowest BCUT2D eigenvalue weighted by atomic mass is 9.83. The third-order valence-electron chi connectivity index (χ3n) is 3.44. The SMILES string of the molecule is CCC(C1CCCCC1)n1[nH]nnc1=S. The van der Waals surface area contributed by atoms with E-state index in [1.165, 1.54) is 32.1 Å². The number of tetrazole rings is 1. The van der Waals surface area contributed by atoms with Gasteiger partial charge in [0.1, 0.15) is 0 Å². The van der Waals surface area contributed by atoms with Crippen molar-refractivity contribution in [1.29, 1.82) is 0 Å². The van der Waals surface area contributed by atoms with E-state index >= 15 is 0 Å². The van der Waals surface area contributed by atoms with E-state index in [-0.39, 0.29) is 0 Å². The summed E-state index contributed by atoms with van der Waals surface area (Å²) in [6.45, 7) is 2.21. The summed E-state index contributed by atoms with van der Waals surface area (Å²) in [5.74, 6) is 0.748. The zero-order chi connectivity index (χ0) is 10.7. The highest BCUT2D eigenvalue weighted by Crippen LogP contribution is 2.34. The predicted octanol–water partition coefficient (Wildman–Crippen LogP) is 2.87. The van der Waals surface area contributed by atoms with Crippen LogP contribution in [0.5, 0.6) is 0 Å². The Kier molecular flexibility index (Phi) is 3.51. The van der Waals surface area contributed by atoms with Gasteiger partial charge in [0.15, 0.2) is 0 Å². The Morgan fingerprint density at radius 1 is 1.47 bits per heavy atom. The highest BCUT2D eigenvalue weighted by molar-refractivity contribution is 7.71. The molecule has 1 aliphatic rings. The Balaban J connectivity index is 2.16. The second-order valence-electron chi connectivity index (χ2n) is 4.33. The smallest absolute Gasteiger partial charge is 0.238 e. The van der Waals surface area contributed by atoms with Crippen LogP contribution in [0, 0.1) is 10.7 Å². The number of H-pyrrole nitrogens is 1. The van der Waals surface area contributed by atoms with Crippen LogP contribution in [0.15, 0.2) is 0 Å². The molecule has 1 saturated carbocycles. The highest BCUT2D eigenvalue weighted by Gasteiger charge is 2.24. The minimum Gasteiger partial charge on any atom is -0.239 e. The molecule has 1 N–H and O–H groups in total. The Morgan fingerprint density at radius 2 is 2.20 bits per heavy atom. The molecule has 0 spiro atoms. The molecule has 84 valence electrons. The molecule has 2 rings (SSSR count). The number of nitrogens with one attached hydrogen (secondary N) is 1. The van der Waals surface area contributed by atoms with Crippen molar-refractivity contribution in [2.24, 2.45) is 5.92 Å². The van der Waals surface area contributed by atoms with Crippen molar-refractivity contribution in [2.45, 2.75) is 51.5 Å². The van der Waals surface area contributed by atoms with Gasteiger partial charge >= 0.3 is 0 Å². The molecule has 0 aliphatic heterocycles. The maximum absolute atomic E-state index is 5.16. The Morgan fingerprint density at radius 3 is 2.73 bits per heavy atom. The Bertz CT molecular complexity index is 350. The summed E-state index contributed by atoms with van der Waals surface area (Å²) >= 11 is 5.16. The first kappa shape index (κ1) is 10.8. The lowest BCUT2D eigenvalue weighted by Crippen LogP contribution is -2.22. The van der Waals surface area contributed by atoms with E-state index in [4.69, 9.17) is 12.2 Å². The number of aromatic amines is 1. The summed E-state index contributed by atoms with van der Waals surface area (Å²) in [6.07, 6.45) is 7.84. The van der Waals surface area contributed by atoms with Gasteiger partial charge in [-0.05, 0) is 37.4 Å². The van der Waals surface area contributed by atoms with Crippen LogP contribution in [0.1, 0.15) is 51.5 Å². The number of aromatic nitrogens is 4. The van der Waals surface area contributed by atoms with Crippen molar-refractivity contribution in [1.82, 2.24) is 20.2 Å². The van der Waals surface area contributed by atoms with Gasteiger partial charge in [-0.2, -0.15) is 5.21 Å². The molecule has 0 amide bonds. The van der Waals surface area contributed by atoms with E-state index in [1.807, 2.05) is 4.68 Å². The van der Waals surface area contributed by atoms with Crippen LogP contribution in [0.25, 0.3) is 0 Å². The Hall–Kier alpha value is -0.710. The van der Waals surface area contributed by atoms with Crippen molar-refractivity contribution in [3.8, 4) is 0 Å². The average Bonchev–Trinajstić information content (AvgIpc) is 2.68. The summed E-state index contributed by atoms with van der Waals surface area (Å²) in [6, 6.07) is 0.466. The van der Waals surface area contributed by atoms with Crippen molar-refractivity contribution < 1.29 is 0 Å². The molecule has 4 nitrogen and oxygen atoms in total. The van der Waals surface area contributed by atoms with Crippen LogP contribution in [0.2, 0.25) is 0 Å². The van der Waals surface area contributed by atoms with Gasteiger partial charge in [0, 0.05) is 0 Å². The van der Waals surface area contributed by atoms with Crippen molar-refractivity contribution in [3.63, 3.8) is 0 Å². The lowest BCUT2D eigenvalue weighted by Gasteiger charge is -2.29. The van der Waals surface area contributed by atoms with Crippen LogP contribution in [0.4, 0.5) is 0 Å². The summed E-state index contributed by atoms with van der Waals surface area (Å²) in [7, 11) is 0. The summed E-state index contributed by atoms with van der Waals surface area (Å²) < 4.78 is 2.55. The molecule has 0 radical (unpaired) electrons. The number of rotatable bonds is 3. The van der Waals surface area contributed by atoms with E-state index in [0.717, 1.165) is 12.3 Å². The van der Waals surface area contributed by atoms with Crippen LogP contribution < -0.4 is 0 Å². The molecule has 0 bridgehead atoms. The van der Waals surface area contributed by atoms with E-state index in [9.17, 15) is 0 Å².